The maximum atomic E-state index is 9.13. The molecule has 10 heteroatoms. The average molecular weight is 466 g/mol. The van der Waals surface area contributed by atoms with Crippen molar-refractivity contribution in [2.75, 3.05) is 49.5 Å². The summed E-state index contributed by atoms with van der Waals surface area (Å²) in [6.45, 7) is 10.0. The number of hydrogen-bond acceptors (Lipinski definition) is 10. The van der Waals surface area contributed by atoms with Crippen molar-refractivity contribution in [3.63, 3.8) is 0 Å². The number of nitrogens with zero attached hydrogens (tertiary/aromatic N) is 6. The number of aliphatic hydroxyl groups excluding tert-OH is 1. The number of hydrogen-bond donors (Lipinski definition) is 2. The van der Waals surface area contributed by atoms with Crippen LogP contribution in [-0.2, 0) is 0 Å². The number of pyridine rings is 1. The fraction of sp³-hybridized carbons (Fsp3) is 0.417. The van der Waals surface area contributed by atoms with Crippen LogP contribution in [0.25, 0.3) is 0 Å². The number of β-amino-alcohol motifs (C(OH)–C–C–N with tert-alkyl or cyclic N) is 1. The smallest absolute Gasteiger partial charge is 0.232 e. The number of aliphatic hydroxyl groups is 1. The van der Waals surface area contributed by atoms with Gasteiger partial charge in [-0.15, -0.1) is 0 Å². The van der Waals surface area contributed by atoms with Crippen molar-refractivity contribution in [1.82, 2.24) is 24.8 Å². The van der Waals surface area contributed by atoms with Gasteiger partial charge < -0.3 is 24.8 Å². The van der Waals surface area contributed by atoms with Crippen molar-refractivity contribution < 1.29 is 14.6 Å². The van der Waals surface area contributed by atoms with E-state index in [1.54, 1.807) is 12.3 Å². The Kier molecular flexibility index (Phi) is 7.71. The van der Waals surface area contributed by atoms with E-state index in [-0.39, 0.29) is 12.7 Å². The van der Waals surface area contributed by atoms with Crippen molar-refractivity contribution in [3.05, 3.63) is 48.4 Å². The van der Waals surface area contributed by atoms with Crippen molar-refractivity contribution in [1.29, 1.82) is 0 Å². The molecule has 3 aromatic rings. The second-order valence-electron chi connectivity index (χ2n) is 8.31. The van der Waals surface area contributed by atoms with Gasteiger partial charge in [-0.3, -0.25) is 4.90 Å². The molecule has 4 rings (SSSR count). The molecule has 0 unspecified atom stereocenters. The Balaban J connectivity index is 1.37. The highest BCUT2D eigenvalue weighted by Crippen LogP contribution is 2.25. The van der Waals surface area contributed by atoms with Crippen LogP contribution in [0.5, 0.6) is 17.4 Å². The Morgan fingerprint density at radius 1 is 0.971 bits per heavy atom. The zero-order chi connectivity index (χ0) is 23.9. The lowest BCUT2D eigenvalue weighted by Crippen LogP contribution is -2.47. The molecule has 1 aliphatic rings. The third kappa shape index (κ3) is 6.52. The van der Waals surface area contributed by atoms with Crippen molar-refractivity contribution in [2.45, 2.75) is 26.9 Å². The fourth-order valence-corrected chi connectivity index (χ4v) is 3.59. The van der Waals surface area contributed by atoms with E-state index in [4.69, 9.17) is 14.6 Å². The number of benzene rings is 1. The van der Waals surface area contributed by atoms with Crippen LogP contribution in [0, 0.1) is 6.92 Å². The van der Waals surface area contributed by atoms with Gasteiger partial charge in [-0.05, 0) is 51.1 Å². The van der Waals surface area contributed by atoms with Crippen LogP contribution in [0.4, 0.5) is 17.6 Å². The molecule has 10 nitrogen and oxygen atoms in total. The van der Waals surface area contributed by atoms with Gasteiger partial charge >= 0.3 is 0 Å². The number of anilines is 3. The molecule has 1 fully saturated rings. The molecule has 1 aromatic carbocycles. The maximum Gasteiger partial charge on any atom is 0.232 e. The van der Waals surface area contributed by atoms with Gasteiger partial charge in [0.15, 0.2) is 0 Å². The summed E-state index contributed by atoms with van der Waals surface area (Å²) in [6.07, 6.45) is 1.72. The molecular weight excluding hydrogens is 434 g/mol. The Bertz CT molecular complexity index is 1050. The predicted molar refractivity (Wildman–Crippen MR) is 130 cm³/mol. The zero-order valence-electron chi connectivity index (χ0n) is 19.8. The molecule has 2 N–H and O–H groups in total. The van der Waals surface area contributed by atoms with Gasteiger partial charge in [0.25, 0.3) is 0 Å². The van der Waals surface area contributed by atoms with Gasteiger partial charge in [-0.1, -0.05) is 0 Å². The monoisotopic (exact) mass is 465 g/mol. The Morgan fingerprint density at radius 3 is 2.35 bits per heavy atom. The summed E-state index contributed by atoms with van der Waals surface area (Å²) < 4.78 is 11.4. The van der Waals surface area contributed by atoms with E-state index < -0.39 is 0 Å². The van der Waals surface area contributed by atoms with Gasteiger partial charge in [-0.2, -0.15) is 15.0 Å². The molecule has 3 heterocycles. The molecule has 0 spiro atoms. The van der Waals surface area contributed by atoms with Crippen LogP contribution in [0.1, 0.15) is 19.7 Å². The predicted octanol–water partition coefficient (Wildman–Crippen LogP) is 3.01. The largest absolute Gasteiger partial charge is 0.475 e. The number of rotatable bonds is 9. The summed E-state index contributed by atoms with van der Waals surface area (Å²) in [5.41, 5.74) is 0.843. The van der Waals surface area contributed by atoms with Gasteiger partial charge in [0.05, 0.1) is 18.9 Å². The summed E-state index contributed by atoms with van der Waals surface area (Å²) in [5.74, 6) is 3.71. The van der Waals surface area contributed by atoms with Crippen LogP contribution in [0.3, 0.4) is 0 Å². The standard InChI is InChI=1S/C24H31N7O3/c1-17(2)33-22-9-8-21(16-25-22)34-20-6-4-19(5-7-20)28-23-26-18(3)27-24(29-23)31-12-10-30(11-13-31)14-15-32/h4-9,16-17,32H,10-15H2,1-3H3,(H,26,27,28,29). The third-order valence-electron chi connectivity index (χ3n) is 5.22. The normalized spacial score (nSPS) is 14.3. The minimum absolute atomic E-state index is 0.0747. The fourth-order valence-electron chi connectivity index (χ4n) is 3.59. The van der Waals surface area contributed by atoms with E-state index in [9.17, 15) is 0 Å². The number of aryl methyl sites for hydroxylation is 1. The lowest BCUT2D eigenvalue weighted by atomic mass is 10.3. The topological polar surface area (TPSA) is 109 Å². The van der Waals surface area contributed by atoms with E-state index in [0.717, 1.165) is 31.9 Å². The number of ether oxygens (including phenoxy) is 2. The molecule has 0 radical (unpaired) electrons. The van der Waals surface area contributed by atoms with Crippen molar-refractivity contribution >= 4 is 17.6 Å². The van der Waals surface area contributed by atoms with Gasteiger partial charge in [-0.25, -0.2) is 4.98 Å². The number of aromatic nitrogens is 4. The Morgan fingerprint density at radius 2 is 1.71 bits per heavy atom. The molecule has 1 aliphatic heterocycles. The summed E-state index contributed by atoms with van der Waals surface area (Å²) in [4.78, 5) is 22.2. The lowest BCUT2D eigenvalue weighted by Gasteiger charge is -2.34. The minimum Gasteiger partial charge on any atom is -0.475 e. The maximum absolute atomic E-state index is 9.13. The Hall–Kier alpha value is -3.50. The summed E-state index contributed by atoms with van der Waals surface area (Å²) in [7, 11) is 0. The van der Waals surface area contributed by atoms with Crippen LogP contribution in [0.2, 0.25) is 0 Å². The third-order valence-corrected chi connectivity index (χ3v) is 5.22. The molecule has 1 saturated heterocycles. The zero-order valence-corrected chi connectivity index (χ0v) is 19.8. The molecule has 0 aliphatic carbocycles. The first-order valence-corrected chi connectivity index (χ1v) is 11.5. The molecule has 34 heavy (non-hydrogen) atoms. The quantitative estimate of drug-likeness (QED) is 0.489. The highest BCUT2D eigenvalue weighted by molar-refractivity contribution is 5.56. The van der Waals surface area contributed by atoms with E-state index in [1.807, 2.05) is 51.1 Å². The van der Waals surface area contributed by atoms with E-state index >= 15 is 0 Å². The summed E-state index contributed by atoms with van der Waals surface area (Å²) in [5, 5.41) is 12.4. The molecule has 180 valence electrons. The average Bonchev–Trinajstić information content (AvgIpc) is 2.82. The second-order valence-corrected chi connectivity index (χ2v) is 8.31. The first kappa shape index (κ1) is 23.7. The van der Waals surface area contributed by atoms with Crippen molar-refractivity contribution in [2.24, 2.45) is 0 Å². The molecule has 0 atom stereocenters. The minimum atomic E-state index is 0.0747. The molecule has 2 aromatic heterocycles. The number of nitrogens with one attached hydrogen (secondary N) is 1. The van der Waals surface area contributed by atoms with Crippen LogP contribution >= 0.6 is 0 Å². The first-order valence-electron chi connectivity index (χ1n) is 11.5. The Labute approximate surface area is 199 Å². The molecule has 0 bridgehead atoms. The summed E-state index contributed by atoms with van der Waals surface area (Å²) in [6, 6.07) is 11.2. The van der Waals surface area contributed by atoms with Gasteiger partial charge in [0.1, 0.15) is 17.3 Å². The van der Waals surface area contributed by atoms with Crippen LogP contribution in [0.15, 0.2) is 42.6 Å². The van der Waals surface area contributed by atoms with E-state index in [1.165, 1.54) is 0 Å². The van der Waals surface area contributed by atoms with Gasteiger partial charge in [0.2, 0.25) is 17.8 Å². The summed E-state index contributed by atoms with van der Waals surface area (Å²) >= 11 is 0. The van der Waals surface area contributed by atoms with E-state index in [0.29, 0.717) is 41.6 Å². The van der Waals surface area contributed by atoms with Crippen LogP contribution in [-0.4, -0.2) is 75.4 Å². The lowest BCUT2D eigenvalue weighted by molar-refractivity contribution is 0.188. The van der Waals surface area contributed by atoms with Crippen molar-refractivity contribution in [3.8, 4) is 17.4 Å². The van der Waals surface area contributed by atoms with Gasteiger partial charge in [0, 0.05) is 44.5 Å². The SMILES string of the molecule is Cc1nc(Nc2ccc(Oc3ccc(OC(C)C)nc3)cc2)nc(N2CCN(CCO)CC2)n1. The van der Waals surface area contributed by atoms with Crippen LogP contribution < -0.4 is 19.7 Å². The highest BCUT2D eigenvalue weighted by Gasteiger charge is 2.19. The molecule has 0 amide bonds. The van der Waals surface area contributed by atoms with E-state index in [2.05, 4.69) is 35.1 Å². The first-order chi connectivity index (χ1) is 16.5. The number of piperazine rings is 1. The molecular formula is C24H31N7O3. The highest BCUT2D eigenvalue weighted by atomic mass is 16.5. The molecule has 0 saturated carbocycles. The second kappa shape index (κ2) is 11.1.